The van der Waals surface area contributed by atoms with Crippen LogP contribution in [0, 0.1) is 0 Å². The number of rotatable bonds is 6. The minimum absolute atomic E-state index is 0.236. The van der Waals surface area contributed by atoms with E-state index in [0.29, 0.717) is 0 Å². The monoisotopic (exact) mass is 414 g/mol. The van der Waals surface area contributed by atoms with Gasteiger partial charge in [-0.05, 0) is 37.6 Å². The lowest BCUT2D eigenvalue weighted by molar-refractivity contribution is -0.122. The summed E-state index contributed by atoms with van der Waals surface area (Å²) >= 11 is 12.0. The van der Waals surface area contributed by atoms with E-state index in [-0.39, 0.29) is 21.8 Å². The lowest BCUT2D eigenvalue weighted by Gasteiger charge is -2.29. The maximum atomic E-state index is 12.7. The summed E-state index contributed by atoms with van der Waals surface area (Å²) < 4.78 is 25.6. The van der Waals surface area contributed by atoms with Gasteiger partial charge in [-0.25, -0.2) is 8.42 Å². The number of anilines is 1. The standard InChI is InChI=1S/C18H20Cl2N2O3S/c1-12(14-7-5-4-6-8-14)21-18(23)13(2)22(26(3,24)25)17-10-15(19)9-16(20)11-17/h4-13H,1-3H3,(H,21,23)/t12-,13?/m1/s1. The first-order valence-electron chi connectivity index (χ1n) is 7.90. The zero-order chi connectivity index (χ0) is 19.5. The van der Waals surface area contributed by atoms with Crippen LogP contribution in [0.15, 0.2) is 48.5 Å². The van der Waals surface area contributed by atoms with Crippen molar-refractivity contribution in [3.05, 3.63) is 64.1 Å². The van der Waals surface area contributed by atoms with Crippen LogP contribution in [0.1, 0.15) is 25.5 Å². The molecule has 8 heteroatoms. The summed E-state index contributed by atoms with van der Waals surface area (Å²) in [5.41, 5.74) is 1.16. The first kappa shape index (κ1) is 20.6. The Morgan fingerprint density at radius 2 is 1.58 bits per heavy atom. The molecule has 0 fully saturated rings. The van der Waals surface area contributed by atoms with Crippen molar-refractivity contribution in [2.75, 3.05) is 10.6 Å². The van der Waals surface area contributed by atoms with Crippen molar-refractivity contribution in [2.45, 2.75) is 25.9 Å². The molecule has 2 aromatic carbocycles. The number of amides is 1. The molecule has 5 nitrogen and oxygen atoms in total. The van der Waals surface area contributed by atoms with Crippen LogP contribution in [0.4, 0.5) is 5.69 Å². The fraction of sp³-hybridized carbons (Fsp3) is 0.278. The highest BCUT2D eigenvalue weighted by molar-refractivity contribution is 7.92. The average molecular weight is 415 g/mol. The molecule has 0 bridgehead atoms. The molecule has 140 valence electrons. The van der Waals surface area contributed by atoms with Gasteiger partial charge >= 0.3 is 0 Å². The maximum absolute atomic E-state index is 12.7. The van der Waals surface area contributed by atoms with E-state index in [9.17, 15) is 13.2 Å². The molecule has 0 spiro atoms. The maximum Gasteiger partial charge on any atom is 0.244 e. The van der Waals surface area contributed by atoms with Crippen LogP contribution in [-0.2, 0) is 14.8 Å². The number of hydrogen-bond acceptors (Lipinski definition) is 3. The number of nitrogens with one attached hydrogen (secondary N) is 1. The topological polar surface area (TPSA) is 66.5 Å². The zero-order valence-corrected chi connectivity index (χ0v) is 16.9. The van der Waals surface area contributed by atoms with Gasteiger partial charge in [0.1, 0.15) is 6.04 Å². The van der Waals surface area contributed by atoms with Crippen LogP contribution in [0.2, 0.25) is 10.0 Å². The normalized spacial score (nSPS) is 13.7. The van der Waals surface area contributed by atoms with Crippen LogP contribution >= 0.6 is 23.2 Å². The quantitative estimate of drug-likeness (QED) is 0.775. The van der Waals surface area contributed by atoms with Crippen LogP contribution in [-0.4, -0.2) is 26.6 Å². The molecule has 1 unspecified atom stereocenters. The van der Waals surface area contributed by atoms with Gasteiger partial charge in [0.2, 0.25) is 15.9 Å². The SMILES string of the molecule is CC(C(=O)N[C@H](C)c1ccccc1)N(c1cc(Cl)cc(Cl)c1)S(C)(=O)=O. The van der Waals surface area contributed by atoms with Gasteiger partial charge in [-0.3, -0.25) is 9.10 Å². The Hall–Kier alpha value is -1.76. The van der Waals surface area contributed by atoms with E-state index in [0.717, 1.165) is 16.1 Å². The van der Waals surface area contributed by atoms with Crippen molar-refractivity contribution in [1.29, 1.82) is 0 Å². The Balaban J connectivity index is 2.29. The second-order valence-corrected chi connectivity index (χ2v) is 8.74. The van der Waals surface area contributed by atoms with E-state index in [1.54, 1.807) is 0 Å². The van der Waals surface area contributed by atoms with Gasteiger partial charge in [-0.15, -0.1) is 0 Å². The van der Waals surface area contributed by atoms with Crippen LogP contribution < -0.4 is 9.62 Å². The van der Waals surface area contributed by atoms with E-state index < -0.39 is 22.0 Å². The van der Waals surface area contributed by atoms with Gasteiger partial charge in [0.05, 0.1) is 18.0 Å². The minimum atomic E-state index is -3.74. The third kappa shape index (κ3) is 5.13. The van der Waals surface area contributed by atoms with Crippen molar-refractivity contribution >= 4 is 44.8 Å². The number of carbonyl (C=O) groups excluding carboxylic acids is 1. The largest absolute Gasteiger partial charge is 0.348 e. The lowest BCUT2D eigenvalue weighted by Crippen LogP contribution is -2.48. The highest BCUT2D eigenvalue weighted by Crippen LogP contribution is 2.28. The van der Waals surface area contributed by atoms with Gasteiger partial charge in [-0.2, -0.15) is 0 Å². The smallest absolute Gasteiger partial charge is 0.244 e. The Morgan fingerprint density at radius 3 is 2.08 bits per heavy atom. The third-order valence-electron chi connectivity index (χ3n) is 3.85. The predicted octanol–water partition coefficient (Wildman–Crippen LogP) is 4.03. The Kier molecular flexibility index (Phi) is 6.55. The molecule has 2 atom stereocenters. The average Bonchev–Trinajstić information content (AvgIpc) is 2.53. The van der Waals surface area contributed by atoms with Crippen LogP contribution in [0.5, 0.6) is 0 Å². The molecule has 2 aromatic rings. The number of sulfonamides is 1. The van der Waals surface area contributed by atoms with Crippen LogP contribution in [0.3, 0.4) is 0 Å². The first-order valence-corrected chi connectivity index (χ1v) is 10.5. The molecule has 0 radical (unpaired) electrons. The van der Waals surface area contributed by atoms with Crippen molar-refractivity contribution < 1.29 is 13.2 Å². The van der Waals surface area contributed by atoms with Crippen molar-refractivity contribution in [3.63, 3.8) is 0 Å². The molecule has 0 aliphatic heterocycles. The van der Waals surface area contributed by atoms with Gasteiger partial charge in [-0.1, -0.05) is 53.5 Å². The Morgan fingerprint density at radius 1 is 1.04 bits per heavy atom. The summed E-state index contributed by atoms with van der Waals surface area (Å²) in [7, 11) is -3.74. The number of hydrogen-bond donors (Lipinski definition) is 1. The Bertz CT molecular complexity index is 868. The molecule has 0 saturated carbocycles. The summed E-state index contributed by atoms with van der Waals surface area (Å²) in [6.45, 7) is 3.35. The number of nitrogens with zero attached hydrogens (tertiary/aromatic N) is 1. The fourth-order valence-electron chi connectivity index (χ4n) is 2.63. The molecule has 0 saturated heterocycles. The predicted molar refractivity (Wildman–Crippen MR) is 106 cm³/mol. The second-order valence-electron chi connectivity index (χ2n) is 6.00. The molecular formula is C18H20Cl2N2O3S. The molecule has 1 N–H and O–H groups in total. The fourth-order valence-corrected chi connectivity index (χ4v) is 4.31. The van der Waals surface area contributed by atoms with E-state index in [1.807, 2.05) is 37.3 Å². The van der Waals surface area contributed by atoms with Gasteiger partial charge < -0.3 is 5.32 Å². The summed E-state index contributed by atoms with van der Waals surface area (Å²) in [6.07, 6.45) is 1.03. The van der Waals surface area contributed by atoms with E-state index in [2.05, 4.69) is 5.32 Å². The number of carbonyl (C=O) groups is 1. The molecule has 0 aromatic heterocycles. The van der Waals surface area contributed by atoms with Crippen molar-refractivity contribution in [2.24, 2.45) is 0 Å². The molecule has 26 heavy (non-hydrogen) atoms. The van der Waals surface area contributed by atoms with Crippen LogP contribution in [0.25, 0.3) is 0 Å². The molecule has 2 rings (SSSR count). The first-order chi connectivity index (χ1) is 12.1. The highest BCUT2D eigenvalue weighted by atomic mass is 35.5. The number of benzene rings is 2. The van der Waals surface area contributed by atoms with Gasteiger partial charge in [0, 0.05) is 10.0 Å². The van der Waals surface area contributed by atoms with Gasteiger partial charge in [0.25, 0.3) is 0 Å². The molecule has 0 heterocycles. The molecule has 0 aliphatic carbocycles. The van der Waals surface area contributed by atoms with E-state index in [1.165, 1.54) is 25.1 Å². The van der Waals surface area contributed by atoms with E-state index >= 15 is 0 Å². The zero-order valence-electron chi connectivity index (χ0n) is 14.6. The second kappa shape index (κ2) is 8.29. The third-order valence-corrected chi connectivity index (χ3v) is 5.53. The van der Waals surface area contributed by atoms with Gasteiger partial charge in [0.15, 0.2) is 0 Å². The minimum Gasteiger partial charge on any atom is -0.348 e. The number of halogens is 2. The molecular weight excluding hydrogens is 395 g/mol. The van der Waals surface area contributed by atoms with Crippen molar-refractivity contribution in [1.82, 2.24) is 5.32 Å². The van der Waals surface area contributed by atoms with E-state index in [4.69, 9.17) is 23.2 Å². The summed E-state index contributed by atoms with van der Waals surface area (Å²) in [5, 5.41) is 3.40. The molecule has 1 amide bonds. The Labute approximate surface area is 164 Å². The summed E-state index contributed by atoms with van der Waals surface area (Å²) in [6, 6.07) is 12.6. The highest BCUT2D eigenvalue weighted by Gasteiger charge is 2.30. The molecule has 0 aliphatic rings. The summed E-state index contributed by atoms with van der Waals surface area (Å²) in [4.78, 5) is 12.7. The lowest BCUT2D eigenvalue weighted by atomic mass is 10.1. The van der Waals surface area contributed by atoms with Crippen molar-refractivity contribution in [3.8, 4) is 0 Å². The summed E-state index contributed by atoms with van der Waals surface area (Å²) in [5.74, 6) is -0.428.